The maximum Gasteiger partial charge on any atom is 0.253 e. The van der Waals surface area contributed by atoms with Crippen molar-refractivity contribution in [2.45, 2.75) is 55.9 Å². The minimum Gasteiger partial charge on any atom is -0.384 e. The molecule has 2 fully saturated rings. The second-order valence-electron chi connectivity index (χ2n) is 11.6. The number of nitrogens with one attached hydrogen (secondary N) is 1. The maximum absolute atomic E-state index is 13.7. The average molecular weight is 563 g/mol. The highest BCUT2D eigenvalue weighted by Crippen LogP contribution is 2.47. The maximum atomic E-state index is 13.7. The van der Waals surface area contributed by atoms with Gasteiger partial charge in [-0.05, 0) is 86.7 Å². The molecule has 3 heterocycles. The SMILES string of the molecule is CCC(N1CCC2(CC1)CNc1ccccc12)C1(c2ccc(Cl)c(Cl)c2)CCCN(C(=O)c2ccccc2)C1. The Morgan fingerprint density at radius 3 is 2.41 bits per heavy atom. The van der Waals surface area contributed by atoms with E-state index in [9.17, 15) is 4.79 Å². The molecule has 3 aromatic carbocycles. The molecule has 0 bridgehead atoms. The highest BCUT2D eigenvalue weighted by Gasteiger charge is 2.49. The number of anilines is 1. The van der Waals surface area contributed by atoms with Crippen LogP contribution in [0.5, 0.6) is 0 Å². The number of carbonyl (C=O) groups is 1. The van der Waals surface area contributed by atoms with Crippen LogP contribution >= 0.6 is 23.2 Å². The van der Waals surface area contributed by atoms with E-state index in [1.807, 2.05) is 36.4 Å². The zero-order valence-electron chi connectivity index (χ0n) is 22.6. The molecule has 1 amide bonds. The minimum atomic E-state index is -0.220. The van der Waals surface area contributed by atoms with Crippen molar-refractivity contribution >= 4 is 34.8 Å². The van der Waals surface area contributed by atoms with Crippen molar-refractivity contribution in [2.75, 3.05) is 38.0 Å². The fourth-order valence-electron chi connectivity index (χ4n) is 7.69. The predicted octanol–water partition coefficient (Wildman–Crippen LogP) is 7.41. The summed E-state index contributed by atoms with van der Waals surface area (Å²) in [5.41, 5.74) is 4.72. The highest BCUT2D eigenvalue weighted by molar-refractivity contribution is 6.42. The summed E-state index contributed by atoms with van der Waals surface area (Å²) < 4.78 is 0. The molecule has 1 spiro atoms. The fourth-order valence-corrected chi connectivity index (χ4v) is 7.99. The molecule has 2 saturated heterocycles. The van der Waals surface area contributed by atoms with Crippen LogP contribution in [0.3, 0.4) is 0 Å². The molecule has 4 nitrogen and oxygen atoms in total. The topological polar surface area (TPSA) is 35.6 Å². The molecular formula is C33H37Cl2N3O. The number of piperidine rings is 2. The number of likely N-dealkylation sites (tertiary alicyclic amines) is 2. The Balaban J connectivity index is 1.32. The lowest BCUT2D eigenvalue weighted by Crippen LogP contribution is -2.61. The van der Waals surface area contributed by atoms with Crippen molar-refractivity contribution in [2.24, 2.45) is 0 Å². The number of para-hydroxylation sites is 1. The van der Waals surface area contributed by atoms with Crippen LogP contribution in [0, 0.1) is 0 Å². The van der Waals surface area contributed by atoms with Crippen LogP contribution in [-0.2, 0) is 10.8 Å². The van der Waals surface area contributed by atoms with Crippen molar-refractivity contribution < 1.29 is 4.79 Å². The van der Waals surface area contributed by atoms with Gasteiger partial charge in [0, 0.05) is 47.8 Å². The van der Waals surface area contributed by atoms with Gasteiger partial charge in [0.2, 0.25) is 0 Å². The van der Waals surface area contributed by atoms with Gasteiger partial charge >= 0.3 is 0 Å². The van der Waals surface area contributed by atoms with Gasteiger partial charge in [-0.3, -0.25) is 9.69 Å². The van der Waals surface area contributed by atoms with E-state index in [0.717, 1.165) is 63.8 Å². The Labute approximate surface area is 242 Å². The van der Waals surface area contributed by atoms with Crippen LogP contribution in [0.25, 0.3) is 0 Å². The first-order valence-corrected chi connectivity index (χ1v) is 15.1. The zero-order valence-corrected chi connectivity index (χ0v) is 24.1. The predicted molar refractivity (Wildman–Crippen MR) is 161 cm³/mol. The molecule has 2 unspecified atom stereocenters. The van der Waals surface area contributed by atoms with Gasteiger partial charge in [0.15, 0.2) is 0 Å². The molecule has 204 valence electrons. The highest BCUT2D eigenvalue weighted by atomic mass is 35.5. The normalized spacial score (nSPS) is 23.3. The molecule has 1 N–H and O–H groups in total. The smallest absolute Gasteiger partial charge is 0.253 e. The van der Waals surface area contributed by atoms with Crippen LogP contribution in [0.4, 0.5) is 5.69 Å². The van der Waals surface area contributed by atoms with Gasteiger partial charge in [-0.25, -0.2) is 0 Å². The number of nitrogens with zero attached hydrogens (tertiary/aromatic N) is 2. The van der Waals surface area contributed by atoms with Crippen LogP contribution in [0.15, 0.2) is 72.8 Å². The van der Waals surface area contributed by atoms with Crippen molar-refractivity contribution in [3.05, 3.63) is 99.5 Å². The number of carbonyl (C=O) groups excluding carboxylic acids is 1. The fraction of sp³-hybridized carbons (Fsp3) is 0.424. The van der Waals surface area contributed by atoms with Crippen LogP contribution < -0.4 is 5.32 Å². The number of halogens is 2. The summed E-state index contributed by atoms with van der Waals surface area (Å²) in [4.78, 5) is 18.5. The van der Waals surface area contributed by atoms with Crippen LogP contribution in [-0.4, -0.2) is 54.5 Å². The van der Waals surface area contributed by atoms with E-state index in [1.54, 1.807) is 0 Å². The summed E-state index contributed by atoms with van der Waals surface area (Å²) in [6, 6.07) is 24.9. The van der Waals surface area contributed by atoms with Gasteiger partial charge in [0.1, 0.15) is 0 Å². The molecule has 0 radical (unpaired) electrons. The molecule has 3 aliphatic rings. The van der Waals surface area contributed by atoms with Crippen molar-refractivity contribution in [3.63, 3.8) is 0 Å². The largest absolute Gasteiger partial charge is 0.384 e. The van der Waals surface area contributed by atoms with E-state index in [2.05, 4.69) is 58.4 Å². The molecule has 6 heteroatoms. The number of rotatable bonds is 5. The lowest BCUT2D eigenvalue weighted by molar-refractivity contribution is 0.0228. The standard InChI is InChI=1S/C33H37Cl2N3O/c1-2-30(37-19-16-32(17-20-37)22-36-29-12-7-6-11-26(29)32)33(25-13-14-27(34)28(35)21-25)15-8-18-38(23-33)31(39)24-9-4-3-5-10-24/h3-7,9-14,21,30,36H,2,8,15-20,22-23H2,1H3. The summed E-state index contributed by atoms with van der Waals surface area (Å²) >= 11 is 13.0. The van der Waals surface area contributed by atoms with Crippen LogP contribution in [0.2, 0.25) is 10.0 Å². The first kappa shape index (κ1) is 26.7. The third-order valence-corrected chi connectivity index (χ3v) is 10.4. The Kier molecular flexibility index (Phi) is 7.39. The van der Waals surface area contributed by atoms with E-state index >= 15 is 0 Å². The molecule has 3 aromatic rings. The number of hydrogen-bond donors (Lipinski definition) is 1. The summed E-state index contributed by atoms with van der Waals surface area (Å²) in [6.45, 7) is 6.88. The number of fused-ring (bicyclic) bond motifs is 2. The van der Waals surface area contributed by atoms with Gasteiger partial charge < -0.3 is 10.2 Å². The molecular weight excluding hydrogens is 525 g/mol. The van der Waals surface area contributed by atoms with E-state index < -0.39 is 0 Å². The van der Waals surface area contributed by atoms with E-state index in [4.69, 9.17) is 23.2 Å². The third-order valence-electron chi connectivity index (χ3n) is 9.66. The number of benzene rings is 3. The Morgan fingerprint density at radius 2 is 1.67 bits per heavy atom. The average Bonchev–Trinajstić information content (AvgIpc) is 3.34. The van der Waals surface area contributed by atoms with E-state index in [-0.39, 0.29) is 16.7 Å². The Hall–Kier alpha value is -2.53. The van der Waals surface area contributed by atoms with Gasteiger partial charge in [0.25, 0.3) is 5.91 Å². The van der Waals surface area contributed by atoms with Crippen molar-refractivity contribution in [1.29, 1.82) is 0 Å². The molecule has 0 saturated carbocycles. The molecule has 0 aliphatic carbocycles. The minimum absolute atomic E-state index is 0.112. The van der Waals surface area contributed by atoms with E-state index in [1.165, 1.54) is 16.8 Å². The van der Waals surface area contributed by atoms with Crippen molar-refractivity contribution in [3.8, 4) is 0 Å². The third kappa shape index (κ3) is 4.75. The zero-order chi connectivity index (χ0) is 27.0. The first-order chi connectivity index (χ1) is 19.0. The number of amides is 1. The Bertz CT molecular complexity index is 1340. The first-order valence-electron chi connectivity index (χ1n) is 14.3. The second kappa shape index (κ2) is 10.8. The summed E-state index contributed by atoms with van der Waals surface area (Å²) in [5.74, 6) is 0.112. The van der Waals surface area contributed by atoms with Gasteiger partial charge in [-0.1, -0.05) is 72.6 Å². The quantitative estimate of drug-likeness (QED) is 0.352. The van der Waals surface area contributed by atoms with Gasteiger partial charge in [-0.15, -0.1) is 0 Å². The van der Waals surface area contributed by atoms with Crippen LogP contribution in [0.1, 0.15) is 60.5 Å². The number of hydrogen-bond acceptors (Lipinski definition) is 3. The summed E-state index contributed by atoms with van der Waals surface area (Å²) in [6.07, 6.45) is 5.27. The lowest BCUT2D eigenvalue weighted by Gasteiger charge is -2.53. The summed E-state index contributed by atoms with van der Waals surface area (Å²) in [7, 11) is 0. The van der Waals surface area contributed by atoms with Gasteiger partial charge in [0.05, 0.1) is 10.0 Å². The molecule has 39 heavy (non-hydrogen) atoms. The van der Waals surface area contributed by atoms with E-state index in [0.29, 0.717) is 22.6 Å². The van der Waals surface area contributed by atoms with Gasteiger partial charge in [-0.2, -0.15) is 0 Å². The Morgan fingerprint density at radius 1 is 0.923 bits per heavy atom. The monoisotopic (exact) mass is 561 g/mol. The van der Waals surface area contributed by atoms with Crippen molar-refractivity contribution in [1.82, 2.24) is 9.80 Å². The molecule has 0 aromatic heterocycles. The molecule has 2 atom stereocenters. The lowest BCUT2D eigenvalue weighted by atomic mass is 9.66. The summed E-state index contributed by atoms with van der Waals surface area (Å²) in [5, 5.41) is 4.83. The molecule has 6 rings (SSSR count). The second-order valence-corrected chi connectivity index (χ2v) is 12.4. The molecule has 3 aliphatic heterocycles.